The van der Waals surface area contributed by atoms with Crippen LogP contribution < -0.4 is 16.4 Å². The fraction of sp³-hybridized carbons (Fsp3) is 0.500. The van der Waals surface area contributed by atoms with E-state index in [1.807, 2.05) is 0 Å². The number of hydrogen-bond donors (Lipinski definition) is 2. The minimum absolute atomic E-state index is 0.575. The second-order valence-corrected chi connectivity index (χ2v) is 4.02. The van der Waals surface area contributed by atoms with E-state index < -0.39 is 0 Å². The molecule has 0 saturated carbocycles. The van der Waals surface area contributed by atoms with Gasteiger partial charge in [-0.3, -0.25) is 0 Å². The average Bonchev–Trinajstić information content (AvgIpc) is 2.79. The molecule has 3 nitrogen and oxygen atoms in total. The molecule has 81 valence electrons. The molecule has 1 radical (unpaired) electrons. The van der Waals surface area contributed by atoms with Crippen molar-refractivity contribution in [3.8, 4) is 0 Å². The van der Waals surface area contributed by atoms with Crippen LogP contribution in [-0.4, -0.2) is 19.1 Å². The molecule has 2 rings (SSSR count). The smallest absolute Gasteiger partial charge is 0.0288 e. The normalized spacial score (nSPS) is 20.7. The summed E-state index contributed by atoms with van der Waals surface area (Å²) in [7, 11) is 0. The first kappa shape index (κ1) is 10.6. The van der Waals surface area contributed by atoms with Gasteiger partial charge in [0.15, 0.2) is 0 Å². The van der Waals surface area contributed by atoms with Gasteiger partial charge in [-0.2, -0.15) is 0 Å². The highest BCUT2D eigenvalue weighted by Gasteiger charge is 2.13. The van der Waals surface area contributed by atoms with Gasteiger partial charge in [-0.25, -0.2) is 5.32 Å². The molecule has 15 heavy (non-hydrogen) atoms. The third kappa shape index (κ3) is 3.02. The van der Waals surface area contributed by atoms with Crippen LogP contribution in [0.2, 0.25) is 0 Å². The molecular formula is C12H18N3. The Labute approximate surface area is 91.1 Å². The predicted octanol–water partition coefficient (Wildman–Crippen LogP) is 0.612. The standard InChI is InChI=1S/C12H18N3/c13-7-10-2-1-3-11(6-10)8-15-12-4-5-14-9-12/h1-3,6,12,15H,4-5,7-9,13H2. The molecule has 1 atom stereocenters. The first-order chi connectivity index (χ1) is 7.38. The van der Waals surface area contributed by atoms with Crippen LogP contribution in [0, 0.1) is 0 Å². The van der Waals surface area contributed by atoms with Crippen molar-refractivity contribution >= 4 is 0 Å². The first-order valence-electron chi connectivity index (χ1n) is 5.53. The summed E-state index contributed by atoms with van der Waals surface area (Å²) in [5.74, 6) is 0. The van der Waals surface area contributed by atoms with Crippen LogP contribution in [-0.2, 0) is 13.1 Å². The van der Waals surface area contributed by atoms with Gasteiger partial charge in [0.2, 0.25) is 0 Å². The van der Waals surface area contributed by atoms with Crippen LogP contribution in [0.4, 0.5) is 0 Å². The largest absolute Gasteiger partial charge is 0.326 e. The van der Waals surface area contributed by atoms with Gasteiger partial charge in [0, 0.05) is 32.2 Å². The third-order valence-corrected chi connectivity index (χ3v) is 2.81. The number of nitrogens with zero attached hydrogens (tertiary/aromatic N) is 1. The number of nitrogens with one attached hydrogen (secondary N) is 1. The molecule has 1 saturated heterocycles. The topological polar surface area (TPSA) is 52.1 Å². The number of benzene rings is 1. The third-order valence-electron chi connectivity index (χ3n) is 2.81. The van der Waals surface area contributed by atoms with E-state index in [0.29, 0.717) is 12.6 Å². The van der Waals surface area contributed by atoms with E-state index in [1.54, 1.807) is 0 Å². The Morgan fingerprint density at radius 3 is 3.00 bits per heavy atom. The van der Waals surface area contributed by atoms with E-state index in [9.17, 15) is 0 Å². The fourth-order valence-corrected chi connectivity index (χ4v) is 1.88. The predicted molar refractivity (Wildman–Crippen MR) is 61.4 cm³/mol. The highest BCUT2D eigenvalue weighted by atomic mass is 15.0. The van der Waals surface area contributed by atoms with Crippen LogP contribution in [0.1, 0.15) is 17.5 Å². The molecule has 1 aromatic rings. The van der Waals surface area contributed by atoms with Gasteiger partial charge < -0.3 is 11.1 Å². The van der Waals surface area contributed by atoms with E-state index in [-0.39, 0.29) is 0 Å². The molecule has 1 aromatic carbocycles. The second-order valence-electron chi connectivity index (χ2n) is 4.02. The maximum atomic E-state index is 5.60. The summed E-state index contributed by atoms with van der Waals surface area (Å²) < 4.78 is 0. The Bertz CT molecular complexity index is 305. The Kier molecular flexibility index (Phi) is 3.72. The monoisotopic (exact) mass is 204 g/mol. The van der Waals surface area contributed by atoms with Gasteiger partial charge in [0.1, 0.15) is 0 Å². The summed E-state index contributed by atoms with van der Waals surface area (Å²) in [4.78, 5) is 0. The molecule has 0 bridgehead atoms. The van der Waals surface area contributed by atoms with Gasteiger partial charge in [0.25, 0.3) is 0 Å². The highest BCUT2D eigenvalue weighted by Crippen LogP contribution is 2.06. The quantitative estimate of drug-likeness (QED) is 0.755. The van der Waals surface area contributed by atoms with Crippen molar-refractivity contribution in [1.29, 1.82) is 0 Å². The molecular weight excluding hydrogens is 186 g/mol. The lowest BCUT2D eigenvalue weighted by Gasteiger charge is -2.11. The lowest BCUT2D eigenvalue weighted by Crippen LogP contribution is -2.29. The molecule has 1 unspecified atom stereocenters. The van der Waals surface area contributed by atoms with E-state index in [2.05, 4.69) is 34.9 Å². The highest BCUT2D eigenvalue weighted by molar-refractivity contribution is 5.23. The number of hydrogen-bond acceptors (Lipinski definition) is 2. The van der Waals surface area contributed by atoms with Gasteiger partial charge >= 0.3 is 0 Å². The molecule has 0 aliphatic carbocycles. The van der Waals surface area contributed by atoms with Crippen LogP contribution >= 0.6 is 0 Å². The summed E-state index contributed by atoms with van der Waals surface area (Å²) in [6, 6.07) is 9.01. The Morgan fingerprint density at radius 1 is 1.40 bits per heavy atom. The number of rotatable bonds is 4. The SMILES string of the molecule is NCc1cccc(CNC2CC[N]C2)c1. The Balaban J connectivity index is 1.86. The molecule has 0 aromatic heterocycles. The van der Waals surface area contributed by atoms with Crippen LogP contribution in [0.15, 0.2) is 24.3 Å². The zero-order valence-corrected chi connectivity index (χ0v) is 8.95. The Hall–Kier alpha value is -0.900. The van der Waals surface area contributed by atoms with Crippen molar-refractivity contribution in [2.75, 3.05) is 13.1 Å². The second kappa shape index (κ2) is 5.26. The molecule has 1 heterocycles. The van der Waals surface area contributed by atoms with Gasteiger partial charge in [0.05, 0.1) is 0 Å². The molecule has 1 fully saturated rings. The van der Waals surface area contributed by atoms with Crippen molar-refractivity contribution in [2.24, 2.45) is 5.73 Å². The summed E-state index contributed by atoms with van der Waals surface area (Å²) >= 11 is 0. The summed E-state index contributed by atoms with van der Waals surface area (Å²) in [6.45, 7) is 3.53. The lowest BCUT2D eigenvalue weighted by molar-refractivity contribution is 0.546. The van der Waals surface area contributed by atoms with E-state index in [4.69, 9.17) is 5.73 Å². The van der Waals surface area contributed by atoms with Crippen molar-refractivity contribution in [2.45, 2.75) is 25.6 Å². The van der Waals surface area contributed by atoms with Crippen molar-refractivity contribution in [3.63, 3.8) is 0 Å². The van der Waals surface area contributed by atoms with Crippen LogP contribution in [0.3, 0.4) is 0 Å². The van der Waals surface area contributed by atoms with E-state index in [0.717, 1.165) is 19.6 Å². The number of nitrogens with two attached hydrogens (primary N) is 1. The van der Waals surface area contributed by atoms with E-state index >= 15 is 0 Å². The van der Waals surface area contributed by atoms with Gasteiger partial charge in [-0.15, -0.1) is 0 Å². The van der Waals surface area contributed by atoms with Crippen LogP contribution in [0.5, 0.6) is 0 Å². The summed E-state index contributed by atoms with van der Waals surface area (Å²) in [5, 5.41) is 7.84. The van der Waals surface area contributed by atoms with Crippen molar-refractivity contribution < 1.29 is 0 Å². The summed E-state index contributed by atoms with van der Waals surface area (Å²) in [6.07, 6.45) is 1.18. The van der Waals surface area contributed by atoms with E-state index in [1.165, 1.54) is 17.5 Å². The molecule has 3 N–H and O–H groups in total. The van der Waals surface area contributed by atoms with Crippen LogP contribution in [0.25, 0.3) is 0 Å². The molecule has 3 heteroatoms. The maximum absolute atomic E-state index is 5.60. The Morgan fingerprint density at radius 2 is 2.27 bits per heavy atom. The minimum Gasteiger partial charge on any atom is -0.326 e. The van der Waals surface area contributed by atoms with Gasteiger partial charge in [-0.05, 0) is 17.5 Å². The molecule has 0 spiro atoms. The molecule has 0 amide bonds. The lowest BCUT2D eigenvalue weighted by atomic mass is 10.1. The fourth-order valence-electron chi connectivity index (χ4n) is 1.88. The molecule has 1 aliphatic heterocycles. The molecule has 1 aliphatic rings. The van der Waals surface area contributed by atoms with Crippen molar-refractivity contribution in [3.05, 3.63) is 35.4 Å². The summed E-state index contributed by atoms with van der Waals surface area (Å²) in [5.41, 5.74) is 8.11. The average molecular weight is 204 g/mol. The first-order valence-corrected chi connectivity index (χ1v) is 5.53. The maximum Gasteiger partial charge on any atom is 0.0288 e. The zero-order valence-electron chi connectivity index (χ0n) is 8.95. The zero-order chi connectivity index (χ0) is 10.5. The minimum atomic E-state index is 0.575. The van der Waals surface area contributed by atoms with Gasteiger partial charge in [-0.1, -0.05) is 24.3 Å². The van der Waals surface area contributed by atoms with Crippen molar-refractivity contribution in [1.82, 2.24) is 10.6 Å².